The van der Waals surface area contributed by atoms with Crippen molar-refractivity contribution in [1.82, 2.24) is 4.98 Å². The molecule has 0 unspecified atom stereocenters. The molecule has 26 heavy (non-hydrogen) atoms. The van der Waals surface area contributed by atoms with Crippen molar-refractivity contribution in [2.45, 2.75) is 20.8 Å². The third-order valence-corrected chi connectivity index (χ3v) is 4.31. The summed E-state index contributed by atoms with van der Waals surface area (Å²) in [5.74, 6) is -0.0334. The zero-order chi connectivity index (χ0) is 18.7. The van der Waals surface area contributed by atoms with Crippen LogP contribution in [0.4, 0.5) is 5.69 Å². The van der Waals surface area contributed by atoms with Crippen molar-refractivity contribution in [3.8, 4) is 0 Å². The number of anilines is 1. The van der Waals surface area contributed by atoms with Crippen LogP contribution in [0.1, 0.15) is 31.9 Å². The molecule has 2 aromatic carbocycles. The molecule has 0 spiro atoms. The van der Waals surface area contributed by atoms with Gasteiger partial charge in [-0.25, -0.2) is 0 Å². The summed E-state index contributed by atoms with van der Waals surface area (Å²) in [4.78, 5) is 16.8. The average Bonchev–Trinajstić information content (AvgIpc) is 2.61. The Morgan fingerprint density at radius 2 is 1.77 bits per heavy atom. The number of nitrogens with zero attached hydrogens (tertiary/aromatic N) is 1. The van der Waals surface area contributed by atoms with Crippen LogP contribution in [0.15, 0.2) is 54.7 Å². The lowest BCUT2D eigenvalue weighted by atomic mass is 9.95. The van der Waals surface area contributed by atoms with Crippen molar-refractivity contribution in [1.29, 1.82) is 0 Å². The van der Waals surface area contributed by atoms with Crippen LogP contribution in [-0.2, 0) is 4.79 Å². The third-order valence-electron chi connectivity index (χ3n) is 4.06. The highest BCUT2D eigenvalue weighted by Gasteiger charge is 2.22. The van der Waals surface area contributed by atoms with Crippen LogP contribution in [-0.4, -0.2) is 10.9 Å². The maximum atomic E-state index is 12.3. The van der Waals surface area contributed by atoms with E-state index in [-0.39, 0.29) is 5.91 Å². The van der Waals surface area contributed by atoms with Gasteiger partial charge in [0.1, 0.15) is 0 Å². The minimum atomic E-state index is -0.464. The molecule has 0 fully saturated rings. The first-order valence-corrected chi connectivity index (χ1v) is 8.85. The topological polar surface area (TPSA) is 42.0 Å². The fourth-order valence-corrected chi connectivity index (χ4v) is 2.64. The van der Waals surface area contributed by atoms with Crippen LogP contribution in [0.5, 0.6) is 0 Å². The number of fused-ring (bicyclic) bond motifs is 1. The lowest BCUT2D eigenvalue weighted by Crippen LogP contribution is -2.27. The fraction of sp³-hybridized carbons (Fsp3) is 0.182. The highest BCUT2D eigenvalue weighted by Crippen LogP contribution is 2.28. The Morgan fingerprint density at radius 1 is 1.04 bits per heavy atom. The van der Waals surface area contributed by atoms with Gasteiger partial charge in [-0.1, -0.05) is 68.8 Å². The Kier molecular flexibility index (Phi) is 5.10. The van der Waals surface area contributed by atoms with Gasteiger partial charge in [-0.05, 0) is 35.4 Å². The molecule has 1 aromatic heterocycles. The van der Waals surface area contributed by atoms with E-state index in [2.05, 4.69) is 10.3 Å². The Bertz CT molecular complexity index is 970. The maximum Gasteiger partial charge on any atom is 0.229 e. The molecule has 3 aromatic rings. The molecule has 3 nitrogen and oxygen atoms in total. The van der Waals surface area contributed by atoms with Gasteiger partial charge in [-0.3, -0.25) is 9.78 Å². The highest BCUT2D eigenvalue weighted by molar-refractivity contribution is 6.30. The van der Waals surface area contributed by atoms with E-state index < -0.39 is 5.41 Å². The van der Waals surface area contributed by atoms with Gasteiger partial charge in [-0.15, -0.1) is 0 Å². The molecule has 1 amide bonds. The molecule has 1 heterocycles. The molecule has 0 saturated heterocycles. The summed E-state index contributed by atoms with van der Waals surface area (Å²) in [7, 11) is 0. The van der Waals surface area contributed by atoms with Crippen LogP contribution in [0.3, 0.4) is 0 Å². The van der Waals surface area contributed by atoms with Crippen molar-refractivity contribution in [3.63, 3.8) is 0 Å². The first-order chi connectivity index (χ1) is 12.3. The molecule has 0 aliphatic rings. The summed E-state index contributed by atoms with van der Waals surface area (Å²) in [6, 6.07) is 15.5. The number of aromatic nitrogens is 1. The van der Waals surface area contributed by atoms with Gasteiger partial charge in [0, 0.05) is 22.0 Å². The maximum absolute atomic E-state index is 12.3. The van der Waals surface area contributed by atoms with Gasteiger partial charge in [-0.2, -0.15) is 0 Å². The molecule has 0 saturated carbocycles. The average molecular weight is 365 g/mol. The molecular formula is C22H21ClN2O. The van der Waals surface area contributed by atoms with Gasteiger partial charge in [0.15, 0.2) is 0 Å². The third kappa shape index (κ3) is 4.12. The molecule has 0 aliphatic heterocycles. The van der Waals surface area contributed by atoms with Crippen LogP contribution in [0.25, 0.3) is 23.1 Å². The van der Waals surface area contributed by atoms with E-state index in [0.717, 1.165) is 32.7 Å². The zero-order valence-electron chi connectivity index (χ0n) is 15.1. The van der Waals surface area contributed by atoms with Crippen molar-refractivity contribution in [3.05, 3.63) is 70.9 Å². The van der Waals surface area contributed by atoms with E-state index in [1.54, 1.807) is 6.20 Å². The van der Waals surface area contributed by atoms with Crippen LogP contribution in [0.2, 0.25) is 5.02 Å². The molecule has 0 aliphatic carbocycles. The molecule has 0 bridgehead atoms. The van der Waals surface area contributed by atoms with Crippen molar-refractivity contribution >= 4 is 46.3 Å². The van der Waals surface area contributed by atoms with Gasteiger partial charge in [0.05, 0.1) is 11.2 Å². The summed E-state index contributed by atoms with van der Waals surface area (Å²) in [6.07, 6.45) is 5.82. The van der Waals surface area contributed by atoms with Crippen LogP contribution in [0, 0.1) is 5.41 Å². The number of carbonyl (C=O) groups is 1. The number of rotatable bonds is 3. The Labute approximate surface area is 158 Å². The predicted octanol–water partition coefficient (Wildman–Crippen LogP) is 6.04. The number of hydrogen-bond donors (Lipinski definition) is 1. The van der Waals surface area contributed by atoms with Gasteiger partial charge in [0.2, 0.25) is 5.91 Å². The molecule has 1 N–H and O–H groups in total. The first kappa shape index (κ1) is 18.2. The second-order valence-electron chi connectivity index (χ2n) is 7.19. The van der Waals surface area contributed by atoms with E-state index in [1.165, 1.54) is 0 Å². The molecule has 4 heteroatoms. The van der Waals surface area contributed by atoms with E-state index in [0.29, 0.717) is 0 Å². The molecule has 132 valence electrons. The Balaban J connectivity index is 1.97. The number of amides is 1. The lowest BCUT2D eigenvalue weighted by Gasteiger charge is -2.18. The van der Waals surface area contributed by atoms with Crippen molar-refractivity contribution < 1.29 is 4.79 Å². The van der Waals surface area contributed by atoms with E-state index in [1.807, 2.05) is 81.5 Å². The normalized spacial score (nSPS) is 11.8. The van der Waals surface area contributed by atoms with E-state index >= 15 is 0 Å². The summed E-state index contributed by atoms with van der Waals surface area (Å²) >= 11 is 5.93. The first-order valence-electron chi connectivity index (χ1n) is 8.47. The molecule has 0 atom stereocenters. The molecular weight excluding hydrogens is 344 g/mol. The Morgan fingerprint density at radius 3 is 2.46 bits per heavy atom. The van der Waals surface area contributed by atoms with Gasteiger partial charge >= 0.3 is 0 Å². The second kappa shape index (κ2) is 7.30. The van der Waals surface area contributed by atoms with Crippen LogP contribution >= 0.6 is 11.6 Å². The monoisotopic (exact) mass is 364 g/mol. The smallest absolute Gasteiger partial charge is 0.229 e. The standard InChI is InChI=1S/C22H21ClN2O/c1-22(2,3)21(26)25-19-13-10-16(18-5-4-14-24-20(18)19)9-6-15-7-11-17(23)12-8-15/h4-14H,1-3H3,(H,25,26). The van der Waals surface area contributed by atoms with Crippen molar-refractivity contribution in [2.24, 2.45) is 5.41 Å². The van der Waals surface area contributed by atoms with E-state index in [4.69, 9.17) is 11.6 Å². The minimum Gasteiger partial charge on any atom is -0.324 e. The fourth-order valence-electron chi connectivity index (χ4n) is 2.51. The minimum absolute atomic E-state index is 0.0334. The van der Waals surface area contributed by atoms with Crippen molar-refractivity contribution in [2.75, 3.05) is 5.32 Å². The predicted molar refractivity (Wildman–Crippen MR) is 110 cm³/mol. The number of pyridine rings is 1. The number of halogens is 1. The second-order valence-corrected chi connectivity index (χ2v) is 7.63. The largest absolute Gasteiger partial charge is 0.324 e. The number of benzene rings is 2. The molecule has 0 radical (unpaired) electrons. The number of carbonyl (C=O) groups excluding carboxylic acids is 1. The summed E-state index contributed by atoms with van der Waals surface area (Å²) in [6.45, 7) is 5.67. The quantitative estimate of drug-likeness (QED) is 0.575. The lowest BCUT2D eigenvalue weighted by molar-refractivity contribution is -0.123. The van der Waals surface area contributed by atoms with Gasteiger partial charge < -0.3 is 5.32 Å². The summed E-state index contributed by atoms with van der Waals surface area (Å²) < 4.78 is 0. The van der Waals surface area contributed by atoms with E-state index in [9.17, 15) is 4.79 Å². The SMILES string of the molecule is CC(C)(C)C(=O)Nc1ccc(C=Cc2ccc(Cl)cc2)c2cccnc12. The summed E-state index contributed by atoms with van der Waals surface area (Å²) in [5.41, 5.74) is 3.15. The highest BCUT2D eigenvalue weighted by atomic mass is 35.5. The molecule has 3 rings (SSSR count). The summed E-state index contributed by atoms with van der Waals surface area (Å²) in [5, 5.41) is 4.70. The Hall–Kier alpha value is -2.65. The number of hydrogen-bond acceptors (Lipinski definition) is 2. The van der Waals surface area contributed by atoms with Crippen LogP contribution < -0.4 is 5.32 Å². The zero-order valence-corrected chi connectivity index (χ0v) is 15.8. The van der Waals surface area contributed by atoms with Gasteiger partial charge in [0.25, 0.3) is 0 Å². The number of nitrogens with one attached hydrogen (secondary N) is 1.